The first kappa shape index (κ1) is 16.6. The number of para-hydroxylation sites is 1. The average Bonchev–Trinajstić information content (AvgIpc) is 2.61. The van der Waals surface area contributed by atoms with E-state index in [2.05, 4.69) is 11.9 Å². The highest BCUT2D eigenvalue weighted by molar-refractivity contribution is 5.98. The van der Waals surface area contributed by atoms with Gasteiger partial charge in [0.15, 0.2) is 17.7 Å². The van der Waals surface area contributed by atoms with E-state index >= 15 is 0 Å². The second kappa shape index (κ2) is 6.68. The minimum Gasteiger partial charge on any atom is -0.493 e. The zero-order chi connectivity index (χ0) is 18.0. The van der Waals surface area contributed by atoms with Crippen LogP contribution in [-0.4, -0.2) is 19.0 Å². The molecule has 128 valence electrons. The summed E-state index contributed by atoms with van der Waals surface area (Å²) in [6, 6.07) is 11.9. The van der Waals surface area contributed by atoms with Crippen LogP contribution in [0.25, 0.3) is 0 Å². The minimum atomic E-state index is -0.665. The van der Waals surface area contributed by atoms with E-state index in [1.165, 1.54) is 7.11 Å². The van der Waals surface area contributed by atoms with Crippen molar-refractivity contribution in [2.45, 2.75) is 13.2 Å². The van der Waals surface area contributed by atoms with Crippen molar-refractivity contribution in [3.8, 4) is 17.2 Å². The second-order valence-electron chi connectivity index (χ2n) is 5.55. The number of nitrogens with one attached hydrogen (secondary N) is 1. The third-order valence-corrected chi connectivity index (χ3v) is 3.68. The molecule has 1 heterocycles. The van der Waals surface area contributed by atoms with Crippen LogP contribution >= 0.6 is 0 Å². The summed E-state index contributed by atoms with van der Waals surface area (Å²) in [4.78, 5) is 23.9. The number of amides is 1. The molecular formula is C19H17NO5. The normalized spacial score (nSPS) is 15.4. The molecule has 1 atom stereocenters. The molecule has 6 heteroatoms. The fourth-order valence-electron chi connectivity index (χ4n) is 2.38. The molecule has 2 aromatic carbocycles. The summed E-state index contributed by atoms with van der Waals surface area (Å²) < 4.78 is 16.3. The SMILES string of the molecule is C=C(C)C(=O)Oc1ccc([C@H]2NC(=O)c3ccccc3O2)cc1OC. The number of esters is 1. The van der Waals surface area contributed by atoms with Crippen LogP contribution in [0.2, 0.25) is 0 Å². The molecule has 0 aromatic heterocycles. The molecule has 0 unspecified atom stereocenters. The van der Waals surface area contributed by atoms with Crippen molar-refractivity contribution in [3.05, 3.63) is 65.7 Å². The monoisotopic (exact) mass is 339 g/mol. The van der Waals surface area contributed by atoms with E-state index in [9.17, 15) is 9.59 Å². The number of carbonyl (C=O) groups excluding carboxylic acids is 2. The lowest BCUT2D eigenvalue weighted by Crippen LogP contribution is -2.36. The summed E-state index contributed by atoms with van der Waals surface area (Å²) in [6.07, 6.45) is -0.665. The number of ether oxygens (including phenoxy) is 3. The van der Waals surface area contributed by atoms with E-state index < -0.39 is 12.2 Å². The lowest BCUT2D eigenvalue weighted by Gasteiger charge is -2.27. The van der Waals surface area contributed by atoms with Gasteiger partial charge in [-0.1, -0.05) is 18.7 Å². The maximum absolute atomic E-state index is 12.2. The van der Waals surface area contributed by atoms with E-state index in [0.717, 1.165) is 0 Å². The van der Waals surface area contributed by atoms with Crippen LogP contribution in [0.5, 0.6) is 17.2 Å². The number of rotatable bonds is 4. The number of hydrogen-bond acceptors (Lipinski definition) is 5. The molecule has 1 aliphatic rings. The van der Waals surface area contributed by atoms with Crippen LogP contribution in [0.3, 0.4) is 0 Å². The van der Waals surface area contributed by atoms with Crippen molar-refractivity contribution in [2.75, 3.05) is 7.11 Å². The molecule has 0 fully saturated rings. The Bertz CT molecular complexity index is 859. The molecule has 1 N–H and O–H groups in total. The summed E-state index contributed by atoms with van der Waals surface area (Å²) in [5, 5.41) is 2.78. The Kier molecular flexibility index (Phi) is 4.43. The van der Waals surface area contributed by atoms with Gasteiger partial charge < -0.3 is 19.5 Å². The third-order valence-electron chi connectivity index (χ3n) is 3.68. The zero-order valence-corrected chi connectivity index (χ0v) is 13.9. The van der Waals surface area contributed by atoms with Crippen LogP contribution in [0.15, 0.2) is 54.6 Å². The van der Waals surface area contributed by atoms with Crippen molar-refractivity contribution in [1.82, 2.24) is 5.32 Å². The Morgan fingerprint density at radius 3 is 2.68 bits per heavy atom. The first-order valence-corrected chi connectivity index (χ1v) is 7.61. The Balaban J connectivity index is 1.88. The first-order chi connectivity index (χ1) is 12.0. The summed E-state index contributed by atoms with van der Waals surface area (Å²) in [7, 11) is 1.47. The predicted octanol–water partition coefficient (Wildman–Crippen LogP) is 3.00. The summed E-state index contributed by atoms with van der Waals surface area (Å²) in [5.41, 5.74) is 1.43. The highest BCUT2D eigenvalue weighted by Gasteiger charge is 2.27. The fraction of sp³-hybridized carbons (Fsp3) is 0.158. The van der Waals surface area contributed by atoms with Gasteiger partial charge in [0.05, 0.1) is 12.7 Å². The highest BCUT2D eigenvalue weighted by Crippen LogP contribution is 2.34. The molecule has 0 saturated carbocycles. The van der Waals surface area contributed by atoms with Gasteiger partial charge in [0.1, 0.15) is 5.75 Å². The largest absolute Gasteiger partial charge is 0.493 e. The molecule has 6 nitrogen and oxygen atoms in total. The van der Waals surface area contributed by atoms with Crippen molar-refractivity contribution in [2.24, 2.45) is 0 Å². The van der Waals surface area contributed by atoms with E-state index in [0.29, 0.717) is 22.6 Å². The molecule has 25 heavy (non-hydrogen) atoms. The number of methoxy groups -OCH3 is 1. The number of hydrogen-bond donors (Lipinski definition) is 1. The predicted molar refractivity (Wildman–Crippen MR) is 90.7 cm³/mol. The van der Waals surface area contributed by atoms with Crippen LogP contribution in [-0.2, 0) is 4.79 Å². The highest BCUT2D eigenvalue weighted by atomic mass is 16.6. The van der Waals surface area contributed by atoms with Gasteiger partial charge in [-0.3, -0.25) is 4.79 Å². The Morgan fingerprint density at radius 1 is 1.20 bits per heavy atom. The van der Waals surface area contributed by atoms with Crippen molar-refractivity contribution in [3.63, 3.8) is 0 Å². The molecule has 3 rings (SSSR count). The van der Waals surface area contributed by atoms with E-state index in [1.54, 1.807) is 49.4 Å². The van der Waals surface area contributed by atoms with Gasteiger partial charge in [-0.25, -0.2) is 4.79 Å². The smallest absolute Gasteiger partial charge is 0.338 e. The Hall–Kier alpha value is -3.28. The van der Waals surface area contributed by atoms with Gasteiger partial charge >= 0.3 is 5.97 Å². The molecular weight excluding hydrogens is 322 g/mol. The number of fused-ring (bicyclic) bond motifs is 1. The van der Waals surface area contributed by atoms with E-state index in [1.807, 2.05) is 0 Å². The zero-order valence-electron chi connectivity index (χ0n) is 13.9. The van der Waals surface area contributed by atoms with Gasteiger partial charge in [-0.2, -0.15) is 0 Å². The average molecular weight is 339 g/mol. The first-order valence-electron chi connectivity index (χ1n) is 7.61. The molecule has 2 aromatic rings. The van der Waals surface area contributed by atoms with E-state index in [4.69, 9.17) is 14.2 Å². The van der Waals surface area contributed by atoms with Gasteiger partial charge in [0.2, 0.25) is 0 Å². The number of benzene rings is 2. The van der Waals surface area contributed by atoms with Crippen molar-refractivity contribution < 1.29 is 23.8 Å². The quantitative estimate of drug-likeness (QED) is 0.527. The molecule has 0 bridgehead atoms. The molecule has 1 aliphatic heterocycles. The fourth-order valence-corrected chi connectivity index (χ4v) is 2.38. The summed E-state index contributed by atoms with van der Waals surface area (Å²) >= 11 is 0. The molecule has 0 radical (unpaired) electrons. The summed E-state index contributed by atoms with van der Waals surface area (Å²) in [5.74, 6) is 0.365. The maximum Gasteiger partial charge on any atom is 0.338 e. The lowest BCUT2D eigenvalue weighted by atomic mass is 10.1. The van der Waals surface area contributed by atoms with Gasteiger partial charge in [0, 0.05) is 11.1 Å². The molecule has 1 amide bonds. The molecule has 0 saturated heterocycles. The van der Waals surface area contributed by atoms with Crippen molar-refractivity contribution in [1.29, 1.82) is 0 Å². The van der Waals surface area contributed by atoms with Crippen LogP contribution in [0.4, 0.5) is 0 Å². The summed E-state index contributed by atoms with van der Waals surface area (Å²) in [6.45, 7) is 5.11. The van der Waals surface area contributed by atoms with Gasteiger partial charge in [-0.15, -0.1) is 0 Å². The maximum atomic E-state index is 12.2. The van der Waals surface area contributed by atoms with Gasteiger partial charge in [0.25, 0.3) is 5.91 Å². The topological polar surface area (TPSA) is 73.9 Å². The van der Waals surface area contributed by atoms with Crippen molar-refractivity contribution >= 4 is 11.9 Å². The lowest BCUT2D eigenvalue weighted by molar-refractivity contribution is -0.130. The number of carbonyl (C=O) groups is 2. The Morgan fingerprint density at radius 2 is 1.96 bits per heavy atom. The molecule has 0 aliphatic carbocycles. The Labute approximate surface area is 145 Å². The van der Waals surface area contributed by atoms with Gasteiger partial charge in [-0.05, 0) is 37.3 Å². The van der Waals surface area contributed by atoms with Crippen LogP contribution < -0.4 is 19.5 Å². The van der Waals surface area contributed by atoms with E-state index in [-0.39, 0.29) is 17.2 Å². The molecule has 0 spiro atoms. The standard InChI is InChI=1S/C19H17NO5/c1-11(2)19(22)25-15-9-8-12(10-16(15)23-3)18-20-17(21)13-6-4-5-7-14(13)24-18/h4-10,18H,1H2,2-3H3,(H,20,21)/t18-/m0/s1. The second-order valence-corrected chi connectivity index (χ2v) is 5.55. The minimum absolute atomic E-state index is 0.219. The third kappa shape index (κ3) is 3.33. The van der Waals surface area contributed by atoms with Crippen LogP contribution in [0, 0.1) is 0 Å². The van der Waals surface area contributed by atoms with Crippen LogP contribution in [0.1, 0.15) is 29.1 Å².